The third-order valence-electron chi connectivity index (χ3n) is 6.18. The summed E-state index contributed by atoms with van der Waals surface area (Å²) in [5.41, 5.74) is 0. The molecule has 0 unspecified atom stereocenters. The molecule has 0 aliphatic rings. The van der Waals surface area contributed by atoms with Gasteiger partial charge in [0.1, 0.15) is 0 Å². The number of unbranched alkanes of at least 4 members (excludes halogenated alkanes) is 12. The highest BCUT2D eigenvalue weighted by atomic mass is 79.9. The molecule has 0 aromatic carbocycles. The fraction of sp³-hybridized carbons (Fsp3) is 0.920. The topological polar surface area (TPSA) is 9.23 Å². The summed E-state index contributed by atoms with van der Waals surface area (Å²) in [5.74, 6) is 0. The van der Waals surface area contributed by atoms with E-state index >= 15 is 0 Å². The minimum absolute atomic E-state index is 0. The zero-order valence-corrected chi connectivity index (χ0v) is 21.4. The summed E-state index contributed by atoms with van der Waals surface area (Å²) >= 11 is 0. The van der Waals surface area contributed by atoms with Crippen molar-refractivity contribution >= 4 is 0 Å². The molecule has 170 valence electrons. The van der Waals surface area contributed by atoms with E-state index in [1.54, 1.807) is 0 Å². The van der Waals surface area contributed by atoms with Crippen LogP contribution in [0.1, 0.15) is 118 Å². The van der Waals surface area contributed by atoms with Gasteiger partial charge in [-0.25, -0.2) is 0 Å². The van der Waals surface area contributed by atoms with Gasteiger partial charge in [0.2, 0.25) is 0 Å². The van der Waals surface area contributed by atoms with E-state index in [1.807, 2.05) is 0 Å². The van der Waals surface area contributed by atoms with Gasteiger partial charge in [0.15, 0.2) is 6.73 Å². The molecule has 0 aliphatic heterocycles. The van der Waals surface area contributed by atoms with Crippen LogP contribution in [-0.2, 0) is 4.74 Å². The Labute approximate surface area is 188 Å². The number of halogens is 1. The molecule has 2 nitrogen and oxygen atoms in total. The van der Waals surface area contributed by atoms with Crippen LogP contribution in [0.4, 0.5) is 0 Å². The fourth-order valence-corrected chi connectivity index (χ4v) is 3.65. The van der Waals surface area contributed by atoms with E-state index in [1.165, 1.54) is 110 Å². The predicted molar refractivity (Wildman–Crippen MR) is 122 cm³/mol. The van der Waals surface area contributed by atoms with Gasteiger partial charge < -0.3 is 26.2 Å². The van der Waals surface area contributed by atoms with Crippen molar-refractivity contribution in [2.24, 2.45) is 0 Å². The second-order valence-electron chi connectivity index (χ2n) is 8.27. The molecule has 0 fully saturated rings. The first-order valence-electron chi connectivity index (χ1n) is 12.3. The summed E-state index contributed by atoms with van der Waals surface area (Å²) in [6.07, 6.45) is 23.9. The number of ether oxygens (including phenoxy) is 1. The van der Waals surface area contributed by atoms with Crippen molar-refractivity contribution in [1.82, 2.24) is 0 Å². The molecule has 28 heavy (non-hydrogen) atoms. The summed E-state index contributed by atoms with van der Waals surface area (Å²) in [6.45, 7) is 14.5. The third kappa shape index (κ3) is 18.2. The molecule has 0 N–H and O–H groups in total. The average molecular weight is 463 g/mol. The van der Waals surface area contributed by atoms with Gasteiger partial charge in [0.05, 0.1) is 26.2 Å². The highest BCUT2D eigenvalue weighted by Crippen LogP contribution is 2.11. The molecule has 3 heteroatoms. The summed E-state index contributed by atoms with van der Waals surface area (Å²) in [6, 6.07) is 0. The largest absolute Gasteiger partial charge is 1.00 e. The average Bonchev–Trinajstić information content (AvgIpc) is 2.70. The maximum Gasteiger partial charge on any atom is 0.183 e. The van der Waals surface area contributed by atoms with Gasteiger partial charge in [0, 0.05) is 0 Å². The van der Waals surface area contributed by atoms with Crippen LogP contribution in [0.3, 0.4) is 0 Å². The first kappa shape index (κ1) is 30.3. The highest BCUT2D eigenvalue weighted by Gasteiger charge is 2.20. The van der Waals surface area contributed by atoms with Crippen molar-refractivity contribution in [3.63, 3.8) is 0 Å². The van der Waals surface area contributed by atoms with Crippen LogP contribution in [0.5, 0.6) is 0 Å². The molecule has 0 amide bonds. The molecule has 0 heterocycles. The lowest BCUT2D eigenvalue weighted by Crippen LogP contribution is -3.00. The smallest absolute Gasteiger partial charge is 0.183 e. The van der Waals surface area contributed by atoms with Crippen LogP contribution < -0.4 is 17.0 Å². The SMILES string of the molecule is CCCCCCCC/C=C\CCCCCCCCOC[N+](CC)(CC)CC.[Br-]. The van der Waals surface area contributed by atoms with Crippen LogP contribution in [-0.4, -0.2) is 37.5 Å². The van der Waals surface area contributed by atoms with Gasteiger partial charge in [-0.05, 0) is 52.9 Å². The molecular formula is C25H52BrNO. The van der Waals surface area contributed by atoms with Crippen molar-refractivity contribution in [1.29, 1.82) is 0 Å². The Hall–Kier alpha value is 0.140. The maximum absolute atomic E-state index is 5.95. The van der Waals surface area contributed by atoms with Crippen molar-refractivity contribution in [2.45, 2.75) is 118 Å². The van der Waals surface area contributed by atoms with Gasteiger partial charge in [-0.1, -0.05) is 76.9 Å². The summed E-state index contributed by atoms with van der Waals surface area (Å²) in [4.78, 5) is 0. The Balaban J connectivity index is 0. The second-order valence-corrected chi connectivity index (χ2v) is 8.27. The number of quaternary nitrogens is 1. The van der Waals surface area contributed by atoms with Crippen molar-refractivity contribution < 1.29 is 26.2 Å². The summed E-state index contributed by atoms with van der Waals surface area (Å²) in [5, 5.41) is 0. The number of allylic oxidation sites excluding steroid dienone is 2. The van der Waals surface area contributed by atoms with Crippen LogP contribution >= 0.6 is 0 Å². The lowest BCUT2D eigenvalue weighted by atomic mass is 10.1. The molecule has 0 saturated carbocycles. The Morgan fingerprint density at radius 2 is 1.00 bits per heavy atom. The quantitative estimate of drug-likeness (QED) is 0.102. The predicted octanol–water partition coefficient (Wildman–Crippen LogP) is 4.88. The minimum Gasteiger partial charge on any atom is -1.00 e. The molecule has 0 saturated heterocycles. The van der Waals surface area contributed by atoms with Gasteiger partial charge in [-0.3, -0.25) is 0 Å². The van der Waals surface area contributed by atoms with E-state index in [0.717, 1.165) is 17.8 Å². The van der Waals surface area contributed by atoms with Crippen LogP contribution in [0.15, 0.2) is 12.2 Å². The van der Waals surface area contributed by atoms with Gasteiger partial charge >= 0.3 is 0 Å². The van der Waals surface area contributed by atoms with Crippen molar-refractivity contribution in [3.8, 4) is 0 Å². The van der Waals surface area contributed by atoms with Crippen molar-refractivity contribution in [3.05, 3.63) is 12.2 Å². The summed E-state index contributed by atoms with van der Waals surface area (Å²) < 4.78 is 7.06. The molecule has 0 rings (SSSR count). The minimum atomic E-state index is 0. The normalized spacial score (nSPS) is 11.9. The zero-order valence-electron chi connectivity index (χ0n) is 19.8. The Bertz CT molecular complexity index is 307. The standard InChI is InChI=1S/C25H52NO.BrH/c1-5-9-10-11-12-13-14-15-16-17-18-19-20-21-22-23-24-27-25-26(6-2,7-3)8-4;/h15-16H,5-14,17-25H2,1-4H3;1H/q+1;/p-1/b16-15-;. The van der Waals surface area contributed by atoms with Crippen molar-refractivity contribution in [2.75, 3.05) is 33.0 Å². The molecule has 0 aromatic heterocycles. The van der Waals surface area contributed by atoms with E-state index in [9.17, 15) is 0 Å². The fourth-order valence-electron chi connectivity index (χ4n) is 3.65. The van der Waals surface area contributed by atoms with E-state index < -0.39 is 0 Å². The Morgan fingerprint density at radius 1 is 0.571 bits per heavy atom. The first-order valence-corrected chi connectivity index (χ1v) is 12.3. The molecule has 0 radical (unpaired) electrons. The third-order valence-corrected chi connectivity index (χ3v) is 6.18. The number of hydrogen-bond donors (Lipinski definition) is 0. The van der Waals surface area contributed by atoms with Crippen LogP contribution in [0, 0.1) is 0 Å². The van der Waals surface area contributed by atoms with Gasteiger partial charge in [-0.15, -0.1) is 0 Å². The second kappa shape index (κ2) is 23.4. The first-order chi connectivity index (χ1) is 13.2. The number of nitrogens with zero attached hydrogens (tertiary/aromatic N) is 1. The van der Waals surface area contributed by atoms with Gasteiger partial charge in [-0.2, -0.15) is 0 Å². The molecule has 0 bridgehead atoms. The van der Waals surface area contributed by atoms with E-state index in [2.05, 4.69) is 39.8 Å². The number of hydrogen-bond acceptors (Lipinski definition) is 1. The lowest BCUT2D eigenvalue weighted by molar-refractivity contribution is -0.941. The molecular weight excluding hydrogens is 410 g/mol. The monoisotopic (exact) mass is 461 g/mol. The van der Waals surface area contributed by atoms with Gasteiger partial charge in [0.25, 0.3) is 0 Å². The Morgan fingerprint density at radius 3 is 1.46 bits per heavy atom. The van der Waals surface area contributed by atoms with Crippen LogP contribution in [0.2, 0.25) is 0 Å². The summed E-state index contributed by atoms with van der Waals surface area (Å²) in [7, 11) is 0. The van der Waals surface area contributed by atoms with Crippen LogP contribution in [0.25, 0.3) is 0 Å². The molecule has 0 atom stereocenters. The van der Waals surface area contributed by atoms with E-state index in [-0.39, 0.29) is 17.0 Å². The zero-order chi connectivity index (χ0) is 20.1. The van der Waals surface area contributed by atoms with E-state index in [0.29, 0.717) is 0 Å². The lowest BCUT2D eigenvalue weighted by Gasteiger charge is -2.35. The molecule has 0 aliphatic carbocycles. The number of rotatable bonds is 21. The highest BCUT2D eigenvalue weighted by molar-refractivity contribution is 4.81. The Kier molecular flexibility index (Phi) is 25.4. The molecule has 0 aromatic rings. The maximum atomic E-state index is 5.95. The van der Waals surface area contributed by atoms with E-state index in [4.69, 9.17) is 4.74 Å². The molecule has 0 spiro atoms.